The summed E-state index contributed by atoms with van der Waals surface area (Å²) in [5.41, 5.74) is 7.85. The Hall–Kier alpha value is -2.33. The lowest BCUT2D eigenvalue weighted by Crippen LogP contribution is -2.37. The Kier molecular flexibility index (Phi) is 6.18. The number of benzene rings is 2. The Morgan fingerprint density at radius 1 is 1.04 bits per heavy atom. The molecule has 1 unspecified atom stereocenters. The summed E-state index contributed by atoms with van der Waals surface area (Å²) in [4.78, 5) is 14.5. The van der Waals surface area contributed by atoms with Gasteiger partial charge in [-0.25, -0.2) is 0 Å². The highest BCUT2D eigenvalue weighted by molar-refractivity contribution is 5.78. The van der Waals surface area contributed by atoms with Crippen LogP contribution in [0.25, 0.3) is 0 Å². The summed E-state index contributed by atoms with van der Waals surface area (Å²) in [6.07, 6.45) is 0. The Labute approximate surface area is 137 Å². The molecule has 4 heteroatoms. The van der Waals surface area contributed by atoms with Gasteiger partial charge in [0, 0.05) is 25.6 Å². The molecule has 2 aromatic rings. The minimum atomic E-state index is -0.183. The van der Waals surface area contributed by atoms with Crippen LogP contribution in [0.3, 0.4) is 0 Å². The Morgan fingerprint density at radius 3 is 2.13 bits per heavy atom. The topological polar surface area (TPSA) is 55.6 Å². The lowest BCUT2D eigenvalue weighted by Gasteiger charge is -2.26. The Balaban J connectivity index is 2.16. The zero-order chi connectivity index (χ0) is 16.7. The quantitative estimate of drug-likeness (QED) is 0.855. The first kappa shape index (κ1) is 17.0. The van der Waals surface area contributed by atoms with Gasteiger partial charge in [0.25, 0.3) is 0 Å². The molecule has 1 amide bonds. The Bertz CT molecular complexity index is 611. The minimum Gasteiger partial charge on any atom is -0.497 e. The summed E-state index contributed by atoms with van der Waals surface area (Å²) >= 11 is 0. The van der Waals surface area contributed by atoms with Gasteiger partial charge in [0.2, 0.25) is 5.91 Å². The van der Waals surface area contributed by atoms with Crippen LogP contribution < -0.4 is 10.5 Å². The third-order valence-corrected chi connectivity index (χ3v) is 3.84. The summed E-state index contributed by atoms with van der Waals surface area (Å²) in [5, 5.41) is 0. The van der Waals surface area contributed by atoms with E-state index in [0.717, 1.165) is 16.9 Å². The average molecular weight is 312 g/mol. The summed E-state index contributed by atoms with van der Waals surface area (Å²) in [6.45, 7) is 3.36. The fraction of sp³-hybridized carbons (Fsp3) is 0.316. The highest BCUT2D eigenvalue weighted by Crippen LogP contribution is 2.16. The number of nitrogens with zero attached hydrogens (tertiary/aromatic N) is 1. The molecule has 0 aliphatic heterocycles. The predicted octanol–water partition coefficient (Wildman–Crippen LogP) is 2.82. The van der Waals surface area contributed by atoms with Crippen LogP contribution in [-0.4, -0.2) is 24.5 Å². The molecular weight excluding hydrogens is 288 g/mol. The van der Waals surface area contributed by atoms with E-state index in [1.807, 2.05) is 66.4 Å². The van der Waals surface area contributed by atoms with Crippen LogP contribution in [-0.2, 0) is 17.9 Å². The monoisotopic (exact) mass is 312 g/mol. The molecule has 0 bridgehead atoms. The van der Waals surface area contributed by atoms with E-state index in [1.165, 1.54) is 0 Å². The molecule has 1 atom stereocenters. The zero-order valence-corrected chi connectivity index (χ0v) is 13.7. The van der Waals surface area contributed by atoms with Crippen molar-refractivity contribution in [3.05, 3.63) is 65.7 Å². The summed E-state index contributed by atoms with van der Waals surface area (Å²) in [5.74, 6) is 0.703. The van der Waals surface area contributed by atoms with Crippen molar-refractivity contribution in [3.8, 4) is 5.75 Å². The number of carbonyl (C=O) groups is 1. The van der Waals surface area contributed by atoms with Gasteiger partial charge in [0.1, 0.15) is 5.75 Å². The van der Waals surface area contributed by atoms with Crippen LogP contribution in [0.15, 0.2) is 54.6 Å². The van der Waals surface area contributed by atoms with E-state index < -0.39 is 0 Å². The number of nitrogens with two attached hydrogens (primary N) is 1. The molecule has 0 saturated heterocycles. The van der Waals surface area contributed by atoms with Gasteiger partial charge in [0.15, 0.2) is 0 Å². The molecule has 2 N–H and O–H groups in total. The molecule has 4 nitrogen and oxygen atoms in total. The number of methoxy groups -OCH3 is 1. The summed E-state index contributed by atoms with van der Waals surface area (Å²) in [6, 6.07) is 17.8. The highest BCUT2D eigenvalue weighted by Gasteiger charge is 2.20. The van der Waals surface area contributed by atoms with Gasteiger partial charge in [-0.3, -0.25) is 4.79 Å². The molecule has 0 fully saturated rings. The largest absolute Gasteiger partial charge is 0.497 e. The van der Waals surface area contributed by atoms with Crippen LogP contribution in [0.4, 0.5) is 0 Å². The van der Waals surface area contributed by atoms with Gasteiger partial charge in [0.05, 0.1) is 7.11 Å². The van der Waals surface area contributed by atoms with Crippen molar-refractivity contribution in [2.45, 2.75) is 20.0 Å². The van der Waals surface area contributed by atoms with E-state index in [1.54, 1.807) is 7.11 Å². The minimum absolute atomic E-state index is 0.0761. The molecule has 0 aliphatic carbocycles. The van der Waals surface area contributed by atoms with Gasteiger partial charge in [-0.05, 0) is 23.3 Å². The number of hydrogen-bond donors (Lipinski definition) is 1. The second-order valence-corrected chi connectivity index (χ2v) is 5.66. The van der Waals surface area contributed by atoms with Crippen LogP contribution in [0.1, 0.15) is 18.1 Å². The van der Waals surface area contributed by atoms with Gasteiger partial charge in [-0.1, -0.05) is 49.4 Å². The number of rotatable bonds is 7. The lowest BCUT2D eigenvalue weighted by atomic mass is 10.1. The third-order valence-electron chi connectivity index (χ3n) is 3.84. The van der Waals surface area contributed by atoms with E-state index >= 15 is 0 Å². The molecule has 0 aromatic heterocycles. The first-order valence-corrected chi connectivity index (χ1v) is 7.79. The second kappa shape index (κ2) is 8.34. The first-order chi connectivity index (χ1) is 11.1. The molecule has 0 heterocycles. The molecule has 0 aliphatic rings. The fourth-order valence-corrected chi connectivity index (χ4v) is 2.38. The van der Waals surface area contributed by atoms with Gasteiger partial charge in [-0.2, -0.15) is 0 Å². The third kappa shape index (κ3) is 4.83. The van der Waals surface area contributed by atoms with E-state index in [4.69, 9.17) is 10.5 Å². The SMILES string of the molecule is COc1ccc(CN(Cc2ccccc2)C(=O)C(C)CN)cc1. The average Bonchev–Trinajstić information content (AvgIpc) is 2.61. The highest BCUT2D eigenvalue weighted by atomic mass is 16.5. The zero-order valence-electron chi connectivity index (χ0n) is 13.7. The van der Waals surface area contributed by atoms with Crippen molar-refractivity contribution < 1.29 is 9.53 Å². The normalized spacial score (nSPS) is 11.8. The molecule has 23 heavy (non-hydrogen) atoms. The van der Waals surface area contributed by atoms with E-state index in [-0.39, 0.29) is 11.8 Å². The molecule has 2 rings (SSSR count). The van der Waals surface area contributed by atoms with Crippen LogP contribution in [0.5, 0.6) is 5.75 Å². The lowest BCUT2D eigenvalue weighted by molar-refractivity contribution is -0.136. The van der Waals surface area contributed by atoms with Crippen molar-refractivity contribution in [2.75, 3.05) is 13.7 Å². The van der Waals surface area contributed by atoms with Crippen LogP contribution in [0, 0.1) is 5.92 Å². The number of hydrogen-bond acceptors (Lipinski definition) is 3. The van der Waals surface area contributed by atoms with Gasteiger partial charge >= 0.3 is 0 Å². The maximum atomic E-state index is 12.6. The molecule has 2 aromatic carbocycles. The molecule has 0 saturated carbocycles. The fourth-order valence-electron chi connectivity index (χ4n) is 2.38. The second-order valence-electron chi connectivity index (χ2n) is 5.66. The molecule has 0 radical (unpaired) electrons. The molecule has 0 spiro atoms. The first-order valence-electron chi connectivity index (χ1n) is 7.79. The van der Waals surface area contributed by atoms with Crippen molar-refractivity contribution >= 4 is 5.91 Å². The molecule has 122 valence electrons. The van der Waals surface area contributed by atoms with Crippen molar-refractivity contribution in [2.24, 2.45) is 11.7 Å². The maximum Gasteiger partial charge on any atom is 0.227 e. The smallest absolute Gasteiger partial charge is 0.227 e. The van der Waals surface area contributed by atoms with Crippen LogP contribution >= 0.6 is 0 Å². The summed E-state index contributed by atoms with van der Waals surface area (Å²) in [7, 11) is 1.64. The molecular formula is C19H24N2O2. The predicted molar refractivity (Wildman–Crippen MR) is 91.9 cm³/mol. The van der Waals surface area contributed by atoms with Crippen molar-refractivity contribution in [3.63, 3.8) is 0 Å². The standard InChI is InChI=1S/C19H24N2O2/c1-15(12-20)19(22)21(13-16-6-4-3-5-7-16)14-17-8-10-18(23-2)11-9-17/h3-11,15H,12-14,20H2,1-2H3. The van der Waals surface area contributed by atoms with Crippen molar-refractivity contribution in [1.29, 1.82) is 0 Å². The number of carbonyl (C=O) groups excluding carboxylic acids is 1. The summed E-state index contributed by atoms with van der Waals surface area (Å²) < 4.78 is 5.18. The van der Waals surface area contributed by atoms with Crippen LogP contribution in [0.2, 0.25) is 0 Å². The van der Waals surface area contributed by atoms with Gasteiger partial charge < -0.3 is 15.4 Å². The Morgan fingerprint density at radius 2 is 1.61 bits per heavy atom. The number of amides is 1. The van der Waals surface area contributed by atoms with Gasteiger partial charge in [-0.15, -0.1) is 0 Å². The number of ether oxygens (including phenoxy) is 1. The van der Waals surface area contributed by atoms with E-state index in [0.29, 0.717) is 19.6 Å². The maximum absolute atomic E-state index is 12.6. The van der Waals surface area contributed by atoms with E-state index in [9.17, 15) is 4.79 Å². The van der Waals surface area contributed by atoms with Crippen molar-refractivity contribution in [1.82, 2.24) is 4.90 Å². The van der Waals surface area contributed by atoms with E-state index in [2.05, 4.69) is 0 Å².